The molecule has 1 unspecified atom stereocenters. The number of fused-ring (bicyclic) bond motifs is 3. The quantitative estimate of drug-likeness (QED) is 0.666. The summed E-state index contributed by atoms with van der Waals surface area (Å²) in [6, 6.07) is 6.68. The van der Waals surface area contributed by atoms with Crippen molar-refractivity contribution in [2.24, 2.45) is 0 Å². The SMILES string of the molecule is COc1c(CC=C(C)C)c2c(c3c1C(=O)C(c1ccc(O)cc1)CO3)C=CC(C)(C)O2. The van der Waals surface area contributed by atoms with Crippen LogP contribution in [0.15, 0.2) is 42.0 Å². The molecule has 0 aliphatic carbocycles. The predicted molar refractivity (Wildman–Crippen MR) is 121 cm³/mol. The lowest BCUT2D eigenvalue weighted by atomic mass is 9.84. The number of aromatic hydroxyl groups is 1. The molecule has 2 aliphatic rings. The topological polar surface area (TPSA) is 65.0 Å². The minimum atomic E-state index is -0.473. The molecule has 0 saturated heterocycles. The van der Waals surface area contributed by atoms with E-state index in [-0.39, 0.29) is 18.1 Å². The molecule has 0 spiro atoms. The van der Waals surface area contributed by atoms with Crippen LogP contribution in [0.4, 0.5) is 0 Å². The highest BCUT2D eigenvalue weighted by atomic mass is 16.5. The maximum Gasteiger partial charge on any atom is 0.181 e. The molecule has 31 heavy (non-hydrogen) atoms. The average molecular weight is 421 g/mol. The van der Waals surface area contributed by atoms with E-state index in [0.29, 0.717) is 29.2 Å². The fourth-order valence-corrected chi connectivity index (χ4v) is 4.07. The summed E-state index contributed by atoms with van der Waals surface area (Å²) in [6.07, 6.45) is 6.65. The highest BCUT2D eigenvalue weighted by molar-refractivity contribution is 6.08. The normalized spacial score (nSPS) is 18.4. The third kappa shape index (κ3) is 3.80. The molecule has 1 N–H and O–H groups in total. The van der Waals surface area contributed by atoms with Gasteiger partial charge in [-0.25, -0.2) is 0 Å². The molecule has 2 aromatic carbocycles. The number of ether oxygens (including phenoxy) is 3. The smallest absolute Gasteiger partial charge is 0.181 e. The fraction of sp³-hybridized carbons (Fsp3) is 0.346. The van der Waals surface area contributed by atoms with E-state index in [9.17, 15) is 9.90 Å². The fourth-order valence-electron chi connectivity index (χ4n) is 4.07. The van der Waals surface area contributed by atoms with E-state index in [4.69, 9.17) is 14.2 Å². The largest absolute Gasteiger partial charge is 0.508 e. The van der Waals surface area contributed by atoms with Crippen molar-refractivity contribution >= 4 is 11.9 Å². The lowest BCUT2D eigenvalue weighted by Gasteiger charge is -2.34. The van der Waals surface area contributed by atoms with Gasteiger partial charge >= 0.3 is 0 Å². The molecule has 5 nitrogen and oxygen atoms in total. The number of carbonyl (C=O) groups excluding carboxylic acids is 1. The van der Waals surface area contributed by atoms with E-state index in [1.54, 1.807) is 31.4 Å². The van der Waals surface area contributed by atoms with Crippen LogP contribution in [0.25, 0.3) is 6.08 Å². The molecule has 0 saturated carbocycles. The van der Waals surface area contributed by atoms with E-state index in [2.05, 4.69) is 6.08 Å². The third-order valence-electron chi connectivity index (χ3n) is 5.68. The molecule has 0 radical (unpaired) electrons. The van der Waals surface area contributed by atoms with Crippen molar-refractivity contribution in [2.45, 2.75) is 45.6 Å². The Morgan fingerprint density at radius 2 is 1.94 bits per heavy atom. The summed E-state index contributed by atoms with van der Waals surface area (Å²) in [7, 11) is 1.58. The van der Waals surface area contributed by atoms with Gasteiger partial charge < -0.3 is 19.3 Å². The summed E-state index contributed by atoms with van der Waals surface area (Å²) in [4.78, 5) is 13.7. The minimum absolute atomic E-state index is 0.0525. The lowest BCUT2D eigenvalue weighted by molar-refractivity contribution is 0.0889. The number of allylic oxidation sites excluding steroid dienone is 2. The number of hydrogen-bond acceptors (Lipinski definition) is 5. The number of carbonyl (C=O) groups is 1. The number of phenols is 1. The molecule has 0 aromatic heterocycles. The van der Waals surface area contributed by atoms with Gasteiger partial charge in [-0.2, -0.15) is 0 Å². The van der Waals surface area contributed by atoms with Crippen LogP contribution in [0.3, 0.4) is 0 Å². The Morgan fingerprint density at radius 3 is 2.58 bits per heavy atom. The molecule has 162 valence electrons. The maximum atomic E-state index is 13.7. The van der Waals surface area contributed by atoms with Gasteiger partial charge in [-0.1, -0.05) is 23.8 Å². The number of Topliss-reactive ketones (excluding diaryl/α,β-unsaturated/α-hetero) is 1. The zero-order valence-corrected chi connectivity index (χ0v) is 18.6. The van der Waals surface area contributed by atoms with Crippen LogP contribution in [0.2, 0.25) is 0 Å². The summed E-state index contributed by atoms with van der Waals surface area (Å²) in [5.41, 5.74) is 3.58. The van der Waals surface area contributed by atoms with Crippen LogP contribution in [0.1, 0.15) is 60.7 Å². The van der Waals surface area contributed by atoms with Gasteiger partial charge in [0.15, 0.2) is 5.78 Å². The van der Waals surface area contributed by atoms with Crippen LogP contribution in [-0.2, 0) is 6.42 Å². The Morgan fingerprint density at radius 1 is 1.23 bits per heavy atom. The van der Waals surface area contributed by atoms with Gasteiger partial charge in [-0.05, 0) is 64.0 Å². The van der Waals surface area contributed by atoms with E-state index < -0.39 is 11.5 Å². The van der Waals surface area contributed by atoms with Crippen LogP contribution in [0.5, 0.6) is 23.0 Å². The standard InChI is InChI=1S/C26H28O5/c1-15(2)6-11-18-23-19(12-13-26(3,4)31-23)25-21(24(18)29-5)22(28)20(14-30-25)16-7-9-17(27)10-8-16/h6-10,12-13,20,27H,11,14H2,1-5H3. The van der Waals surface area contributed by atoms with E-state index in [1.807, 2.05) is 39.8 Å². The zero-order chi connectivity index (χ0) is 22.3. The first-order chi connectivity index (χ1) is 14.7. The van der Waals surface area contributed by atoms with Gasteiger partial charge in [0.2, 0.25) is 0 Å². The van der Waals surface area contributed by atoms with Gasteiger partial charge in [0, 0.05) is 5.56 Å². The third-order valence-corrected chi connectivity index (χ3v) is 5.68. The Labute approximate surface area is 183 Å². The number of rotatable bonds is 4. The summed E-state index contributed by atoms with van der Waals surface area (Å²) in [6.45, 7) is 8.29. The van der Waals surface area contributed by atoms with E-state index >= 15 is 0 Å². The van der Waals surface area contributed by atoms with Crippen molar-refractivity contribution in [3.05, 3.63) is 64.2 Å². The van der Waals surface area contributed by atoms with Gasteiger partial charge in [0.1, 0.15) is 40.8 Å². The molecule has 0 fully saturated rings. The first kappa shape index (κ1) is 21.0. The second-order valence-electron chi connectivity index (χ2n) is 8.80. The molecule has 0 amide bonds. The molecular formula is C26H28O5. The van der Waals surface area contributed by atoms with Crippen LogP contribution in [-0.4, -0.2) is 30.2 Å². The number of phenolic OH excluding ortho intramolecular Hbond substituents is 1. The Balaban J connectivity index is 1.91. The minimum Gasteiger partial charge on any atom is -0.508 e. The summed E-state index contributed by atoms with van der Waals surface area (Å²) in [5, 5.41) is 9.61. The molecule has 2 aliphatic heterocycles. The number of methoxy groups -OCH3 is 1. The molecule has 2 heterocycles. The highest BCUT2D eigenvalue weighted by Gasteiger charge is 2.39. The van der Waals surface area contributed by atoms with Crippen molar-refractivity contribution in [1.29, 1.82) is 0 Å². The number of benzene rings is 2. The monoisotopic (exact) mass is 420 g/mol. The second-order valence-corrected chi connectivity index (χ2v) is 8.80. The van der Waals surface area contributed by atoms with Gasteiger partial charge in [0.05, 0.1) is 18.6 Å². The lowest BCUT2D eigenvalue weighted by Crippen LogP contribution is -2.31. The van der Waals surface area contributed by atoms with Crippen molar-refractivity contribution < 1.29 is 24.1 Å². The molecule has 1 atom stereocenters. The Kier molecular flexibility index (Phi) is 5.29. The highest BCUT2D eigenvalue weighted by Crippen LogP contribution is 2.51. The van der Waals surface area contributed by atoms with Gasteiger partial charge in [-0.15, -0.1) is 0 Å². The number of ketones is 1. The first-order valence-electron chi connectivity index (χ1n) is 10.5. The Bertz CT molecular complexity index is 1090. The summed E-state index contributed by atoms with van der Waals surface area (Å²) < 4.78 is 18.3. The van der Waals surface area contributed by atoms with E-state index in [0.717, 1.165) is 16.7 Å². The van der Waals surface area contributed by atoms with Crippen LogP contribution < -0.4 is 14.2 Å². The summed E-state index contributed by atoms with van der Waals surface area (Å²) >= 11 is 0. The first-order valence-corrected chi connectivity index (χ1v) is 10.5. The van der Waals surface area contributed by atoms with Crippen molar-refractivity contribution in [3.63, 3.8) is 0 Å². The predicted octanol–water partition coefficient (Wildman–Crippen LogP) is 5.45. The molecule has 4 rings (SSSR count). The van der Waals surface area contributed by atoms with Crippen molar-refractivity contribution in [3.8, 4) is 23.0 Å². The van der Waals surface area contributed by atoms with Crippen LogP contribution >= 0.6 is 0 Å². The average Bonchev–Trinajstić information content (AvgIpc) is 2.72. The van der Waals surface area contributed by atoms with E-state index in [1.165, 1.54) is 5.57 Å². The Hall–Kier alpha value is -3.21. The molecular weight excluding hydrogens is 392 g/mol. The second kappa shape index (κ2) is 7.80. The summed E-state index contributed by atoms with van der Waals surface area (Å²) in [5.74, 6) is 1.36. The van der Waals surface area contributed by atoms with Gasteiger partial charge in [-0.3, -0.25) is 4.79 Å². The van der Waals surface area contributed by atoms with Crippen molar-refractivity contribution in [1.82, 2.24) is 0 Å². The maximum absolute atomic E-state index is 13.7. The van der Waals surface area contributed by atoms with Gasteiger partial charge in [0.25, 0.3) is 0 Å². The zero-order valence-electron chi connectivity index (χ0n) is 18.6. The molecule has 5 heteroatoms. The van der Waals surface area contributed by atoms with Crippen LogP contribution in [0, 0.1) is 0 Å². The van der Waals surface area contributed by atoms with Crippen molar-refractivity contribution in [2.75, 3.05) is 13.7 Å². The molecule has 0 bridgehead atoms. The molecule has 2 aromatic rings. The number of hydrogen-bond donors (Lipinski definition) is 1.